The SMILES string of the molecule is CC.CCCCCCCCCCCCCCC(O)C(O)C(CO)NC=O.CCCCCCCCCCCCCCCCCCCCCCCC. The highest BCUT2D eigenvalue weighted by Gasteiger charge is 2.24. The molecule has 0 rings (SSSR count). The molecule has 0 saturated carbocycles. The van der Waals surface area contributed by atoms with Crippen LogP contribution in [-0.4, -0.2) is 46.6 Å². The van der Waals surface area contributed by atoms with E-state index >= 15 is 0 Å². The fourth-order valence-electron chi connectivity index (χ4n) is 6.66. The van der Waals surface area contributed by atoms with Crippen molar-refractivity contribution in [3.8, 4) is 0 Å². The average molecular weight is 714 g/mol. The Morgan fingerprint density at radius 3 is 0.840 bits per heavy atom. The van der Waals surface area contributed by atoms with Gasteiger partial charge in [0.25, 0.3) is 0 Å². The van der Waals surface area contributed by atoms with Gasteiger partial charge in [-0.3, -0.25) is 4.79 Å². The summed E-state index contributed by atoms with van der Waals surface area (Å²) in [4.78, 5) is 10.4. The molecule has 0 heterocycles. The Morgan fingerprint density at radius 2 is 0.640 bits per heavy atom. The van der Waals surface area contributed by atoms with Gasteiger partial charge in [0.05, 0.1) is 18.8 Å². The summed E-state index contributed by atoms with van der Waals surface area (Å²) >= 11 is 0. The zero-order valence-corrected chi connectivity index (χ0v) is 35.0. The lowest BCUT2D eigenvalue weighted by Crippen LogP contribution is -2.48. The average Bonchev–Trinajstić information content (AvgIpc) is 3.14. The van der Waals surface area contributed by atoms with Crippen molar-refractivity contribution >= 4 is 6.41 Å². The van der Waals surface area contributed by atoms with Gasteiger partial charge >= 0.3 is 0 Å². The number of amides is 1. The molecule has 0 aromatic carbocycles. The summed E-state index contributed by atoms with van der Waals surface area (Å²) in [5.74, 6) is 0. The van der Waals surface area contributed by atoms with Crippen molar-refractivity contribution in [1.82, 2.24) is 5.32 Å². The molecule has 0 saturated heterocycles. The molecule has 0 aromatic rings. The summed E-state index contributed by atoms with van der Waals surface area (Å²) in [6.07, 6.45) is 46.4. The summed E-state index contributed by atoms with van der Waals surface area (Å²) < 4.78 is 0. The molecule has 0 bridgehead atoms. The van der Waals surface area contributed by atoms with Gasteiger partial charge in [0, 0.05) is 0 Å². The van der Waals surface area contributed by atoms with Gasteiger partial charge in [-0.1, -0.05) is 253 Å². The van der Waals surface area contributed by atoms with Gasteiger partial charge in [-0.2, -0.15) is 0 Å². The van der Waals surface area contributed by atoms with Gasteiger partial charge in [0.2, 0.25) is 6.41 Å². The quantitative estimate of drug-likeness (QED) is 0.0377. The first-order valence-corrected chi connectivity index (χ1v) is 22.8. The molecule has 3 unspecified atom stereocenters. The van der Waals surface area contributed by atoms with Crippen molar-refractivity contribution in [2.24, 2.45) is 0 Å². The van der Waals surface area contributed by atoms with Crippen LogP contribution in [0.2, 0.25) is 0 Å². The van der Waals surface area contributed by atoms with E-state index in [4.69, 9.17) is 5.11 Å². The minimum atomic E-state index is -1.12. The van der Waals surface area contributed by atoms with E-state index in [1.54, 1.807) is 0 Å². The van der Waals surface area contributed by atoms with Crippen molar-refractivity contribution in [3.05, 3.63) is 0 Å². The van der Waals surface area contributed by atoms with Crippen molar-refractivity contribution in [2.45, 2.75) is 278 Å². The van der Waals surface area contributed by atoms with Crippen LogP contribution in [-0.2, 0) is 4.79 Å². The van der Waals surface area contributed by atoms with Gasteiger partial charge in [0.15, 0.2) is 0 Å². The van der Waals surface area contributed by atoms with Crippen LogP contribution >= 0.6 is 0 Å². The molecule has 5 nitrogen and oxygen atoms in total. The number of hydrogen-bond acceptors (Lipinski definition) is 4. The predicted octanol–water partition coefficient (Wildman–Crippen LogP) is 13.5. The van der Waals surface area contributed by atoms with E-state index in [9.17, 15) is 15.0 Å². The second-order valence-electron chi connectivity index (χ2n) is 14.9. The van der Waals surface area contributed by atoms with E-state index in [0.29, 0.717) is 12.8 Å². The highest BCUT2D eigenvalue weighted by Crippen LogP contribution is 2.16. The van der Waals surface area contributed by atoms with Crippen molar-refractivity contribution in [3.63, 3.8) is 0 Å². The van der Waals surface area contributed by atoms with Crippen LogP contribution in [0.25, 0.3) is 0 Å². The molecule has 0 fully saturated rings. The molecular weight excluding hydrogens is 618 g/mol. The minimum Gasteiger partial charge on any atom is -0.394 e. The van der Waals surface area contributed by atoms with Crippen LogP contribution in [0, 0.1) is 0 Å². The van der Waals surface area contributed by atoms with Gasteiger partial charge < -0.3 is 20.6 Å². The molecule has 0 aliphatic heterocycles. The number of nitrogens with one attached hydrogen (secondary N) is 1. The lowest BCUT2D eigenvalue weighted by atomic mass is 9.99. The van der Waals surface area contributed by atoms with Crippen LogP contribution in [0.4, 0.5) is 0 Å². The summed E-state index contributed by atoms with van der Waals surface area (Å²) in [5, 5.41) is 31.1. The van der Waals surface area contributed by atoms with E-state index in [2.05, 4.69) is 26.1 Å². The molecule has 0 aromatic heterocycles. The number of rotatable bonds is 39. The molecule has 0 radical (unpaired) electrons. The zero-order chi connectivity index (χ0) is 37.6. The van der Waals surface area contributed by atoms with Crippen LogP contribution in [0.1, 0.15) is 259 Å². The molecule has 0 aliphatic rings. The van der Waals surface area contributed by atoms with Crippen LogP contribution in [0.3, 0.4) is 0 Å². The Bertz CT molecular complexity index is 553. The number of aliphatic hydroxyl groups excluding tert-OH is 3. The van der Waals surface area contributed by atoms with E-state index in [1.165, 1.54) is 199 Å². The van der Waals surface area contributed by atoms with Crippen molar-refractivity contribution in [1.29, 1.82) is 0 Å². The lowest BCUT2D eigenvalue weighted by Gasteiger charge is -2.24. The zero-order valence-electron chi connectivity index (χ0n) is 35.0. The molecule has 3 atom stereocenters. The third-order valence-corrected chi connectivity index (χ3v) is 10.1. The maximum Gasteiger partial charge on any atom is 0.207 e. The number of hydrogen-bond donors (Lipinski definition) is 4. The standard InChI is InChI=1S/C24H50.C19H39NO4.C2H6/c1-3-5-7-9-11-13-15-17-19-21-23-24-22-20-18-16-14-12-10-8-6-4-2;1-2-3-4-5-6-7-8-9-10-11-12-13-14-18(23)19(24)17(15-21)20-16-22;1-2/h3-24H2,1-2H3;16-19,21,23-24H,2-15H2,1H3,(H,20,22);1-2H3. The smallest absolute Gasteiger partial charge is 0.207 e. The Kier molecular flexibility index (Phi) is 54.2. The van der Waals surface area contributed by atoms with Gasteiger partial charge in [-0.15, -0.1) is 0 Å². The first kappa shape index (κ1) is 53.7. The maximum absolute atomic E-state index is 10.4. The first-order chi connectivity index (χ1) is 24.6. The minimum absolute atomic E-state index is 0.380. The fourth-order valence-corrected chi connectivity index (χ4v) is 6.66. The van der Waals surface area contributed by atoms with Gasteiger partial charge in [-0.05, 0) is 6.42 Å². The predicted molar refractivity (Wildman–Crippen MR) is 222 cm³/mol. The van der Waals surface area contributed by atoms with Gasteiger partial charge in [-0.25, -0.2) is 0 Å². The molecule has 50 heavy (non-hydrogen) atoms. The molecule has 0 spiro atoms. The van der Waals surface area contributed by atoms with Crippen LogP contribution in [0.5, 0.6) is 0 Å². The highest BCUT2D eigenvalue weighted by atomic mass is 16.3. The second kappa shape index (κ2) is 50.5. The summed E-state index contributed by atoms with van der Waals surface area (Å²) in [7, 11) is 0. The monoisotopic (exact) mass is 714 g/mol. The highest BCUT2D eigenvalue weighted by molar-refractivity contribution is 5.46. The molecular formula is C45H95NO4. The van der Waals surface area contributed by atoms with E-state index in [0.717, 1.165) is 19.3 Å². The first-order valence-electron chi connectivity index (χ1n) is 22.8. The molecule has 304 valence electrons. The Labute approximate surface area is 315 Å². The van der Waals surface area contributed by atoms with Crippen LogP contribution in [0.15, 0.2) is 0 Å². The number of unbranched alkanes of at least 4 members (excludes halogenated alkanes) is 32. The fraction of sp³-hybridized carbons (Fsp3) is 0.978. The lowest BCUT2D eigenvalue weighted by molar-refractivity contribution is -0.112. The van der Waals surface area contributed by atoms with Crippen molar-refractivity contribution in [2.75, 3.05) is 6.61 Å². The van der Waals surface area contributed by atoms with E-state index in [-0.39, 0.29) is 6.61 Å². The topological polar surface area (TPSA) is 89.8 Å². The molecule has 0 aliphatic carbocycles. The summed E-state index contributed by atoms with van der Waals surface area (Å²) in [6, 6.07) is -0.796. The third-order valence-electron chi connectivity index (χ3n) is 10.1. The number of carbonyl (C=O) groups is 1. The second-order valence-corrected chi connectivity index (χ2v) is 14.9. The largest absolute Gasteiger partial charge is 0.394 e. The molecule has 1 amide bonds. The van der Waals surface area contributed by atoms with E-state index < -0.39 is 18.2 Å². The number of aliphatic hydroxyl groups is 3. The Morgan fingerprint density at radius 1 is 0.420 bits per heavy atom. The molecule has 5 heteroatoms. The van der Waals surface area contributed by atoms with Crippen molar-refractivity contribution < 1.29 is 20.1 Å². The summed E-state index contributed by atoms with van der Waals surface area (Å²) in [5.41, 5.74) is 0. The molecule has 4 N–H and O–H groups in total. The maximum atomic E-state index is 10.4. The summed E-state index contributed by atoms with van der Waals surface area (Å²) in [6.45, 7) is 10.5. The van der Waals surface area contributed by atoms with Crippen LogP contribution < -0.4 is 5.32 Å². The van der Waals surface area contributed by atoms with E-state index in [1.807, 2.05) is 13.8 Å². The normalized spacial score (nSPS) is 12.7. The number of carbonyl (C=O) groups excluding carboxylic acids is 1. The Balaban J connectivity index is -0.000000841. The van der Waals surface area contributed by atoms with Gasteiger partial charge in [0.1, 0.15) is 6.10 Å². The Hall–Kier alpha value is -0.650. The third kappa shape index (κ3) is 45.4.